The van der Waals surface area contributed by atoms with Gasteiger partial charge in [0.15, 0.2) is 0 Å². The first-order valence-corrected chi connectivity index (χ1v) is 5.11. The summed E-state index contributed by atoms with van der Waals surface area (Å²) in [5.74, 6) is -0.354. The predicted octanol–water partition coefficient (Wildman–Crippen LogP) is 1.83. The number of fused-ring (bicyclic) bond motifs is 2. The number of rotatable bonds is 3. The first kappa shape index (κ1) is 9.71. The summed E-state index contributed by atoms with van der Waals surface area (Å²) in [6.45, 7) is 4.41. The molecule has 2 bridgehead atoms. The van der Waals surface area contributed by atoms with Crippen LogP contribution in [0.3, 0.4) is 0 Å². The van der Waals surface area contributed by atoms with E-state index in [1.807, 2.05) is 26.0 Å². The molecule has 1 saturated carbocycles. The van der Waals surface area contributed by atoms with Crippen molar-refractivity contribution in [3.63, 3.8) is 0 Å². The largest absolute Gasteiger partial charge is 0.481 e. The van der Waals surface area contributed by atoms with Crippen LogP contribution in [0.25, 0.3) is 0 Å². The summed E-state index contributed by atoms with van der Waals surface area (Å²) in [4.78, 5) is 11.3. The molecule has 0 aromatic carbocycles. The number of allylic oxidation sites excluding steroid dienone is 1. The molecule has 3 atom stereocenters. The molecule has 0 aromatic rings. The van der Waals surface area contributed by atoms with E-state index in [0.29, 0.717) is 18.9 Å². The van der Waals surface area contributed by atoms with Gasteiger partial charge >= 0.3 is 5.97 Å². The smallest absolute Gasteiger partial charge is 0.316 e. The maximum absolute atomic E-state index is 11.3. The molecule has 3 nitrogen and oxygen atoms in total. The minimum absolute atomic E-state index is 0.391. The van der Waals surface area contributed by atoms with Gasteiger partial charge in [0, 0.05) is 6.61 Å². The Morgan fingerprint density at radius 2 is 2.36 bits per heavy atom. The topological polar surface area (TPSA) is 46.5 Å². The molecule has 1 fully saturated rings. The van der Waals surface area contributed by atoms with E-state index in [1.54, 1.807) is 0 Å². The van der Waals surface area contributed by atoms with Crippen LogP contribution in [-0.4, -0.2) is 23.3 Å². The van der Waals surface area contributed by atoms with Crippen LogP contribution in [0.15, 0.2) is 12.2 Å². The molecule has 3 heteroatoms. The third-order valence-electron chi connectivity index (χ3n) is 3.68. The van der Waals surface area contributed by atoms with Gasteiger partial charge in [0.1, 0.15) is 5.41 Å². The summed E-state index contributed by atoms with van der Waals surface area (Å²) >= 11 is 0. The lowest BCUT2D eigenvalue weighted by atomic mass is 9.75. The van der Waals surface area contributed by atoms with Gasteiger partial charge in [0.05, 0.1) is 5.60 Å². The molecule has 0 radical (unpaired) electrons. The SMILES string of the molecule is CCOC1(C)CC2C=CC1(C(=O)O)C2. The molecule has 0 saturated heterocycles. The fraction of sp³-hybridized carbons (Fsp3) is 0.727. The Morgan fingerprint density at radius 3 is 2.86 bits per heavy atom. The minimum Gasteiger partial charge on any atom is -0.481 e. The molecule has 14 heavy (non-hydrogen) atoms. The normalized spacial score (nSPS) is 44.6. The Balaban J connectivity index is 2.37. The van der Waals surface area contributed by atoms with Gasteiger partial charge in [0.25, 0.3) is 0 Å². The third kappa shape index (κ3) is 0.989. The first-order chi connectivity index (χ1) is 6.54. The second-order valence-electron chi connectivity index (χ2n) is 4.47. The van der Waals surface area contributed by atoms with Crippen molar-refractivity contribution in [3.05, 3.63) is 12.2 Å². The van der Waals surface area contributed by atoms with Gasteiger partial charge in [-0.2, -0.15) is 0 Å². The average molecular weight is 196 g/mol. The lowest BCUT2D eigenvalue weighted by molar-refractivity contribution is -0.162. The van der Waals surface area contributed by atoms with E-state index >= 15 is 0 Å². The maximum Gasteiger partial charge on any atom is 0.316 e. The van der Waals surface area contributed by atoms with Crippen LogP contribution in [0, 0.1) is 11.3 Å². The predicted molar refractivity (Wildman–Crippen MR) is 52.0 cm³/mol. The molecule has 78 valence electrons. The van der Waals surface area contributed by atoms with Gasteiger partial charge in [-0.1, -0.05) is 12.2 Å². The molecular weight excluding hydrogens is 180 g/mol. The molecule has 0 heterocycles. The first-order valence-electron chi connectivity index (χ1n) is 5.11. The number of carbonyl (C=O) groups is 1. The molecule has 0 aromatic heterocycles. The van der Waals surface area contributed by atoms with Crippen molar-refractivity contribution in [2.45, 2.75) is 32.3 Å². The second kappa shape index (κ2) is 2.83. The Hall–Kier alpha value is -0.830. The Bertz CT molecular complexity index is 297. The number of carboxylic acid groups (broad SMARTS) is 1. The van der Waals surface area contributed by atoms with E-state index in [-0.39, 0.29) is 0 Å². The lowest BCUT2D eigenvalue weighted by Gasteiger charge is -2.38. The van der Waals surface area contributed by atoms with Crippen molar-refractivity contribution < 1.29 is 14.6 Å². The van der Waals surface area contributed by atoms with Gasteiger partial charge < -0.3 is 9.84 Å². The number of aliphatic carboxylic acids is 1. The van der Waals surface area contributed by atoms with E-state index in [4.69, 9.17) is 4.74 Å². The monoisotopic (exact) mass is 196 g/mol. The Morgan fingerprint density at radius 1 is 1.64 bits per heavy atom. The molecule has 1 N–H and O–H groups in total. The van der Waals surface area contributed by atoms with Gasteiger partial charge in [-0.15, -0.1) is 0 Å². The van der Waals surface area contributed by atoms with E-state index in [1.165, 1.54) is 0 Å². The van der Waals surface area contributed by atoms with Crippen molar-refractivity contribution in [2.24, 2.45) is 11.3 Å². The summed E-state index contributed by atoms with van der Waals surface area (Å²) in [7, 11) is 0. The average Bonchev–Trinajstić information content (AvgIpc) is 2.60. The maximum atomic E-state index is 11.3. The summed E-state index contributed by atoms with van der Waals surface area (Å²) in [6.07, 6.45) is 5.40. The van der Waals surface area contributed by atoms with Crippen LogP contribution in [0.4, 0.5) is 0 Å². The minimum atomic E-state index is -0.770. The van der Waals surface area contributed by atoms with Crippen LogP contribution >= 0.6 is 0 Å². The highest BCUT2D eigenvalue weighted by Crippen LogP contribution is 2.57. The van der Waals surface area contributed by atoms with E-state index in [0.717, 1.165) is 6.42 Å². The van der Waals surface area contributed by atoms with Crippen LogP contribution < -0.4 is 0 Å². The zero-order valence-corrected chi connectivity index (χ0v) is 8.62. The van der Waals surface area contributed by atoms with Crippen molar-refractivity contribution in [2.75, 3.05) is 6.61 Å². The zero-order chi connectivity index (χ0) is 10.4. The highest BCUT2D eigenvalue weighted by atomic mass is 16.5. The van der Waals surface area contributed by atoms with Crippen LogP contribution in [-0.2, 0) is 9.53 Å². The van der Waals surface area contributed by atoms with E-state index < -0.39 is 17.0 Å². The van der Waals surface area contributed by atoms with Crippen molar-refractivity contribution in [1.29, 1.82) is 0 Å². The van der Waals surface area contributed by atoms with Gasteiger partial charge in [-0.05, 0) is 32.6 Å². The van der Waals surface area contributed by atoms with E-state index in [2.05, 4.69) is 0 Å². The second-order valence-corrected chi connectivity index (χ2v) is 4.47. The number of carboxylic acids is 1. The fourth-order valence-electron chi connectivity index (χ4n) is 2.96. The molecular formula is C11H16O3. The number of ether oxygens (including phenoxy) is 1. The Labute approximate surface area is 83.8 Å². The highest BCUT2D eigenvalue weighted by molar-refractivity contribution is 5.80. The highest BCUT2D eigenvalue weighted by Gasteiger charge is 2.62. The van der Waals surface area contributed by atoms with Gasteiger partial charge in [-0.25, -0.2) is 0 Å². The molecule has 2 aliphatic carbocycles. The summed E-state index contributed by atoms with van der Waals surface area (Å²) in [5, 5.41) is 9.32. The summed E-state index contributed by atoms with van der Waals surface area (Å²) < 4.78 is 5.66. The van der Waals surface area contributed by atoms with Crippen LogP contribution in [0.2, 0.25) is 0 Å². The summed E-state index contributed by atoms with van der Waals surface area (Å²) in [6, 6.07) is 0. The fourth-order valence-corrected chi connectivity index (χ4v) is 2.96. The van der Waals surface area contributed by atoms with Gasteiger partial charge in [0.2, 0.25) is 0 Å². The molecule has 0 aliphatic heterocycles. The van der Waals surface area contributed by atoms with Crippen LogP contribution in [0.1, 0.15) is 26.7 Å². The van der Waals surface area contributed by atoms with Crippen molar-refractivity contribution >= 4 is 5.97 Å². The molecule has 0 spiro atoms. The van der Waals surface area contributed by atoms with Crippen LogP contribution in [0.5, 0.6) is 0 Å². The van der Waals surface area contributed by atoms with E-state index in [9.17, 15) is 9.90 Å². The zero-order valence-electron chi connectivity index (χ0n) is 8.62. The summed E-state index contributed by atoms with van der Waals surface area (Å²) in [5.41, 5.74) is -1.28. The molecule has 0 amide bonds. The number of hydrogen-bond donors (Lipinski definition) is 1. The van der Waals surface area contributed by atoms with Gasteiger partial charge in [-0.3, -0.25) is 4.79 Å². The molecule has 3 unspecified atom stereocenters. The third-order valence-corrected chi connectivity index (χ3v) is 3.68. The van der Waals surface area contributed by atoms with Crippen molar-refractivity contribution in [3.8, 4) is 0 Å². The van der Waals surface area contributed by atoms with Crippen molar-refractivity contribution in [1.82, 2.24) is 0 Å². The quantitative estimate of drug-likeness (QED) is 0.700. The Kier molecular flexibility index (Phi) is 1.96. The number of hydrogen-bond acceptors (Lipinski definition) is 2. The standard InChI is InChI=1S/C11H16O3/c1-3-14-10(2)6-8-4-5-11(10,7-8)9(12)13/h4-5,8H,3,6-7H2,1-2H3,(H,12,13). The molecule has 2 aliphatic rings. The lowest BCUT2D eigenvalue weighted by Crippen LogP contribution is -2.48. The molecule has 2 rings (SSSR count).